The third-order valence-electron chi connectivity index (χ3n) is 1.78. The second-order valence-corrected chi connectivity index (χ2v) is 3.82. The minimum absolute atomic E-state index is 0.0380. The molecule has 0 saturated carbocycles. The summed E-state index contributed by atoms with van der Waals surface area (Å²) in [6.07, 6.45) is 0.264. The summed E-state index contributed by atoms with van der Waals surface area (Å²) in [6, 6.07) is 4.74. The summed E-state index contributed by atoms with van der Waals surface area (Å²) >= 11 is 8.97. The van der Waals surface area contributed by atoms with Crippen molar-refractivity contribution in [2.24, 2.45) is 0 Å². The van der Waals surface area contributed by atoms with Gasteiger partial charge in [-0.1, -0.05) is 33.6 Å². The zero-order valence-electron chi connectivity index (χ0n) is 7.80. The minimum Gasteiger partial charge on any atom is -0.463 e. The molecule has 0 aliphatic heterocycles. The van der Waals surface area contributed by atoms with Crippen LogP contribution in [-0.2, 0) is 11.2 Å². The predicted octanol–water partition coefficient (Wildman–Crippen LogP) is 3.15. The van der Waals surface area contributed by atoms with E-state index >= 15 is 0 Å². The van der Waals surface area contributed by atoms with Crippen LogP contribution in [0.1, 0.15) is 5.56 Å². The molecule has 0 radical (unpaired) electrons. The van der Waals surface area contributed by atoms with Crippen molar-refractivity contribution in [3.8, 4) is 5.75 Å². The average molecular weight is 296 g/mol. The van der Waals surface area contributed by atoms with E-state index in [1.165, 1.54) is 6.07 Å². The van der Waals surface area contributed by atoms with Crippen molar-refractivity contribution in [3.05, 3.63) is 28.8 Å². The Labute approximate surface area is 101 Å². The van der Waals surface area contributed by atoms with Crippen molar-refractivity contribution >= 4 is 33.3 Å². The molecule has 1 aromatic carbocycles. The third-order valence-corrected chi connectivity index (χ3v) is 2.76. The molecule has 0 bridgehead atoms. The quantitative estimate of drug-likeness (QED) is 0.780. The molecule has 5 heteroatoms. The number of ether oxygens (including phenoxy) is 1. The van der Waals surface area contributed by atoms with E-state index < -0.39 is 6.86 Å². The number of carbonyl (C=O) groups is 1. The van der Waals surface area contributed by atoms with Crippen LogP contribution in [0.2, 0.25) is 5.02 Å². The Bertz CT molecular complexity index is 357. The van der Waals surface area contributed by atoms with Crippen molar-refractivity contribution in [1.29, 1.82) is 0 Å². The van der Waals surface area contributed by atoms with Gasteiger partial charge >= 0.3 is 0 Å². The summed E-state index contributed by atoms with van der Waals surface area (Å²) in [5, 5.41) is 0.710. The monoisotopic (exact) mass is 294 g/mol. The van der Waals surface area contributed by atoms with Crippen LogP contribution in [0.3, 0.4) is 0 Å². The first-order valence-corrected chi connectivity index (χ1v) is 5.72. The van der Waals surface area contributed by atoms with Crippen molar-refractivity contribution < 1.29 is 13.9 Å². The molecule has 0 saturated heterocycles. The van der Waals surface area contributed by atoms with Crippen LogP contribution >= 0.6 is 27.5 Å². The molecule has 1 rings (SSSR count). The lowest BCUT2D eigenvalue weighted by Gasteiger charge is -2.05. The molecule has 0 unspecified atom stereocenters. The van der Waals surface area contributed by atoms with Gasteiger partial charge < -0.3 is 4.74 Å². The van der Waals surface area contributed by atoms with Gasteiger partial charge in [0.05, 0.1) is 5.33 Å². The number of hydrogen-bond acceptors (Lipinski definition) is 2. The molecule has 0 heterocycles. The number of carbonyl (C=O) groups excluding carboxylic acids is 1. The Morgan fingerprint density at radius 3 is 2.80 bits per heavy atom. The molecular formula is C10H9BrClFO2. The highest BCUT2D eigenvalue weighted by molar-refractivity contribution is 9.09. The van der Waals surface area contributed by atoms with Crippen LogP contribution in [0.4, 0.5) is 4.39 Å². The zero-order chi connectivity index (χ0) is 11.3. The summed E-state index contributed by atoms with van der Waals surface area (Å²) < 4.78 is 16.5. The minimum atomic E-state index is -0.893. The largest absolute Gasteiger partial charge is 0.463 e. The number of hydrogen-bond donors (Lipinski definition) is 0. The molecule has 82 valence electrons. The van der Waals surface area contributed by atoms with Crippen molar-refractivity contribution in [2.45, 2.75) is 6.42 Å². The molecule has 0 spiro atoms. The van der Waals surface area contributed by atoms with Gasteiger partial charge in [-0.15, -0.1) is 0 Å². The van der Waals surface area contributed by atoms with E-state index in [1.54, 1.807) is 12.1 Å². The fraction of sp³-hybridized carbons (Fsp3) is 0.300. The molecule has 1 aromatic rings. The summed E-state index contributed by atoms with van der Waals surface area (Å²) in [7, 11) is 0. The number of rotatable bonds is 5. The van der Waals surface area contributed by atoms with E-state index in [9.17, 15) is 9.18 Å². The molecule has 2 nitrogen and oxygen atoms in total. The maximum atomic E-state index is 11.9. The molecule has 15 heavy (non-hydrogen) atoms. The highest BCUT2D eigenvalue weighted by Gasteiger charge is 2.07. The van der Waals surface area contributed by atoms with Gasteiger partial charge in [-0.3, -0.25) is 4.79 Å². The lowest BCUT2D eigenvalue weighted by Crippen LogP contribution is -2.04. The third kappa shape index (κ3) is 3.80. The van der Waals surface area contributed by atoms with E-state index in [-0.39, 0.29) is 12.2 Å². The standard InChI is InChI=1S/C10H9BrClFO2/c11-5-8(14)3-7-1-2-9(15-6-13)4-10(7)12/h1-2,4H,3,5-6H2. The fourth-order valence-electron chi connectivity index (χ4n) is 1.08. The number of Topliss-reactive ketones (excluding diaryl/α,β-unsaturated/α-hetero) is 1. The number of alkyl halides is 2. The second kappa shape index (κ2) is 6.08. The van der Waals surface area contributed by atoms with Crippen LogP contribution in [0.25, 0.3) is 0 Å². The average Bonchev–Trinajstić information content (AvgIpc) is 2.22. The molecule has 0 fully saturated rings. The second-order valence-electron chi connectivity index (χ2n) is 2.86. The normalized spacial score (nSPS) is 10.1. The summed E-state index contributed by atoms with van der Waals surface area (Å²) in [5.74, 6) is 0.397. The topological polar surface area (TPSA) is 26.3 Å². The lowest BCUT2D eigenvalue weighted by atomic mass is 10.1. The van der Waals surface area contributed by atoms with Gasteiger partial charge in [0.15, 0.2) is 0 Å². The van der Waals surface area contributed by atoms with E-state index in [4.69, 9.17) is 11.6 Å². The van der Waals surface area contributed by atoms with Gasteiger partial charge in [-0.2, -0.15) is 0 Å². The van der Waals surface area contributed by atoms with Gasteiger partial charge in [0.2, 0.25) is 6.86 Å². The van der Waals surface area contributed by atoms with Crippen LogP contribution < -0.4 is 4.74 Å². The molecule has 0 aliphatic carbocycles. The molecule has 0 amide bonds. The Morgan fingerprint density at radius 1 is 1.53 bits per heavy atom. The first kappa shape index (κ1) is 12.5. The van der Waals surface area contributed by atoms with E-state index in [2.05, 4.69) is 20.7 Å². The van der Waals surface area contributed by atoms with Crippen LogP contribution in [0.15, 0.2) is 18.2 Å². The van der Waals surface area contributed by atoms with Gasteiger partial charge in [0.25, 0.3) is 0 Å². The van der Waals surface area contributed by atoms with Gasteiger partial charge in [-0.05, 0) is 17.7 Å². The Kier molecular flexibility index (Phi) is 5.05. The molecular weight excluding hydrogens is 286 g/mol. The van der Waals surface area contributed by atoms with E-state index in [0.29, 0.717) is 21.7 Å². The van der Waals surface area contributed by atoms with Crippen LogP contribution in [0.5, 0.6) is 5.75 Å². The number of halogens is 3. The Balaban J connectivity index is 2.78. The number of benzene rings is 1. The van der Waals surface area contributed by atoms with Crippen LogP contribution in [-0.4, -0.2) is 18.0 Å². The first-order chi connectivity index (χ1) is 7.17. The SMILES string of the molecule is O=C(CBr)Cc1ccc(OCF)cc1Cl. The Morgan fingerprint density at radius 2 is 2.27 bits per heavy atom. The predicted molar refractivity (Wildman–Crippen MR) is 60.6 cm³/mol. The highest BCUT2D eigenvalue weighted by Crippen LogP contribution is 2.23. The van der Waals surface area contributed by atoms with E-state index in [1.807, 2.05) is 0 Å². The van der Waals surface area contributed by atoms with Crippen molar-refractivity contribution in [3.63, 3.8) is 0 Å². The smallest absolute Gasteiger partial charge is 0.228 e. The fourth-order valence-corrected chi connectivity index (χ4v) is 1.52. The van der Waals surface area contributed by atoms with E-state index in [0.717, 1.165) is 0 Å². The zero-order valence-corrected chi connectivity index (χ0v) is 10.1. The maximum absolute atomic E-state index is 11.9. The summed E-state index contributed by atoms with van der Waals surface area (Å²) in [5.41, 5.74) is 0.715. The molecule has 0 atom stereocenters. The molecule has 0 aliphatic rings. The first-order valence-electron chi connectivity index (χ1n) is 4.22. The van der Waals surface area contributed by atoms with Crippen molar-refractivity contribution in [2.75, 3.05) is 12.2 Å². The van der Waals surface area contributed by atoms with Gasteiger partial charge in [-0.25, -0.2) is 4.39 Å². The summed E-state index contributed by atoms with van der Waals surface area (Å²) in [4.78, 5) is 11.1. The van der Waals surface area contributed by atoms with Crippen molar-refractivity contribution in [1.82, 2.24) is 0 Å². The maximum Gasteiger partial charge on any atom is 0.228 e. The van der Waals surface area contributed by atoms with Crippen LogP contribution in [0, 0.1) is 0 Å². The highest BCUT2D eigenvalue weighted by atomic mass is 79.9. The van der Waals surface area contributed by atoms with Gasteiger partial charge in [0.1, 0.15) is 11.5 Å². The lowest BCUT2D eigenvalue weighted by molar-refractivity contribution is -0.115. The molecule has 0 N–H and O–H groups in total. The molecule has 0 aromatic heterocycles. The Hall–Kier alpha value is -0.610. The summed E-state index contributed by atoms with van der Waals surface area (Å²) in [6.45, 7) is -0.893. The van der Waals surface area contributed by atoms with Gasteiger partial charge in [0, 0.05) is 11.4 Å². The number of ketones is 1.